The number of alkyl halides is 1. The van der Waals surface area contributed by atoms with E-state index in [1.54, 1.807) is 0 Å². The van der Waals surface area contributed by atoms with Crippen LogP contribution in [0, 0.1) is 0 Å². The number of halogens is 1. The first-order chi connectivity index (χ1) is 7.32. The van der Waals surface area contributed by atoms with Crippen molar-refractivity contribution in [2.75, 3.05) is 24.3 Å². The van der Waals surface area contributed by atoms with Gasteiger partial charge in [-0.05, 0) is 26.0 Å². The van der Waals surface area contributed by atoms with Crippen LogP contribution in [0.1, 0.15) is 13.8 Å². The lowest BCUT2D eigenvalue weighted by Crippen LogP contribution is -2.31. The number of carbonyl (C=O) groups excluding carboxylic acids is 1. The van der Waals surface area contributed by atoms with Crippen LogP contribution in [0.3, 0.4) is 0 Å². The molecular formula is C12H17BrN2O. The molecule has 0 heterocycles. The van der Waals surface area contributed by atoms with Gasteiger partial charge in [0.1, 0.15) is 0 Å². The number of rotatable bonds is 3. The quantitative estimate of drug-likeness (QED) is 0.866. The zero-order valence-corrected chi connectivity index (χ0v) is 11.6. The normalized spacial score (nSPS) is 11.1. The first-order valence-corrected chi connectivity index (χ1v) is 5.88. The molecule has 0 atom stereocenters. The maximum absolute atomic E-state index is 11.8. The van der Waals surface area contributed by atoms with E-state index in [0.717, 1.165) is 11.4 Å². The maximum atomic E-state index is 11.8. The Bertz CT molecular complexity index is 383. The Labute approximate surface area is 105 Å². The van der Waals surface area contributed by atoms with Gasteiger partial charge in [-0.1, -0.05) is 28.1 Å². The molecule has 0 aliphatic carbocycles. The van der Waals surface area contributed by atoms with Gasteiger partial charge in [-0.15, -0.1) is 0 Å². The summed E-state index contributed by atoms with van der Waals surface area (Å²) in [6.07, 6.45) is 0. The molecule has 1 aromatic rings. The van der Waals surface area contributed by atoms with Crippen molar-refractivity contribution in [3.63, 3.8) is 0 Å². The van der Waals surface area contributed by atoms with Crippen molar-refractivity contribution in [1.29, 1.82) is 0 Å². The fourth-order valence-corrected chi connectivity index (χ4v) is 1.34. The zero-order chi connectivity index (χ0) is 12.3. The SMILES string of the molecule is CN(C)c1ccccc1NC(=O)C(C)(C)Br. The first kappa shape index (κ1) is 13.0. The molecule has 0 aliphatic rings. The van der Waals surface area contributed by atoms with Crippen LogP contribution in [-0.2, 0) is 4.79 Å². The summed E-state index contributed by atoms with van der Waals surface area (Å²) < 4.78 is -0.563. The zero-order valence-electron chi connectivity index (χ0n) is 10.0. The predicted molar refractivity (Wildman–Crippen MR) is 72.4 cm³/mol. The van der Waals surface area contributed by atoms with Crippen molar-refractivity contribution in [2.24, 2.45) is 0 Å². The minimum absolute atomic E-state index is 0.0539. The second-order valence-electron chi connectivity index (χ2n) is 4.34. The summed E-state index contributed by atoms with van der Waals surface area (Å²) in [5.41, 5.74) is 1.82. The van der Waals surface area contributed by atoms with Crippen LogP contribution in [0.25, 0.3) is 0 Å². The molecule has 0 aromatic heterocycles. The second-order valence-corrected chi connectivity index (χ2v) is 6.32. The molecule has 1 aromatic carbocycles. The average Bonchev–Trinajstić information content (AvgIpc) is 2.16. The molecule has 16 heavy (non-hydrogen) atoms. The molecule has 4 heteroatoms. The highest BCUT2D eigenvalue weighted by Gasteiger charge is 2.24. The van der Waals surface area contributed by atoms with Crippen molar-refractivity contribution in [3.8, 4) is 0 Å². The van der Waals surface area contributed by atoms with Crippen LogP contribution in [0.4, 0.5) is 11.4 Å². The van der Waals surface area contributed by atoms with Crippen LogP contribution < -0.4 is 10.2 Å². The minimum Gasteiger partial charge on any atom is -0.376 e. The van der Waals surface area contributed by atoms with Gasteiger partial charge in [0.15, 0.2) is 0 Å². The van der Waals surface area contributed by atoms with E-state index in [9.17, 15) is 4.79 Å². The van der Waals surface area contributed by atoms with Gasteiger partial charge in [-0.25, -0.2) is 0 Å². The number of nitrogens with one attached hydrogen (secondary N) is 1. The number of hydrogen-bond donors (Lipinski definition) is 1. The molecule has 0 saturated heterocycles. The Kier molecular flexibility index (Phi) is 3.97. The number of para-hydroxylation sites is 2. The van der Waals surface area contributed by atoms with Gasteiger partial charge in [-0.3, -0.25) is 4.79 Å². The van der Waals surface area contributed by atoms with Gasteiger partial charge in [-0.2, -0.15) is 0 Å². The number of carbonyl (C=O) groups is 1. The summed E-state index contributed by atoms with van der Waals surface area (Å²) in [4.78, 5) is 13.8. The number of amides is 1. The van der Waals surface area contributed by atoms with E-state index in [1.165, 1.54) is 0 Å². The predicted octanol–water partition coefficient (Wildman–Crippen LogP) is 2.86. The lowest BCUT2D eigenvalue weighted by Gasteiger charge is -2.21. The minimum atomic E-state index is -0.563. The molecule has 0 unspecified atom stereocenters. The van der Waals surface area contributed by atoms with Crippen LogP contribution >= 0.6 is 15.9 Å². The topological polar surface area (TPSA) is 32.3 Å². The number of benzene rings is 1. The summed E-state index contributed by atoms with van der Waals surface area (Å²) >= 11 is 3.34. The van der Waals surface area contributed by atoms with Crippen molar-refractivity contribution >= 4 is 33.2 Å². The third-order valence-electron chi connectivity index (χ3n) is 2.17. The van der Waals surface area contributed by atoms with Gasteiger partial charge in [0, 0.05) is 14.1 Å². The highest BCUT2D eigenvalue weighted by molar-refractivity contribution is 9.10. The molecule has 0 saturated carbocycles. The number of anilines is 2. The Morgan fingerprint density at radius 2 is 1.88 bits per heavy atom. The summed E-state index contributed by atoms with van der Waals surface area (Å²) in [5, 5.41) is 2.90. The second kappa shape index (κ2) is 4.87. The van der Waals surface area contributed by atoms with E-state index in [2.05, 4.69) is 21.2 Å². The van der Waals surface area contributed by atoms with Crippen LogP contribution in [-0.4, -0.2) is 24.3 Å². The van der Waals surface area contributed by atoms with E-state index in [1.807, 2.05) is 57.1 Å². The van der Waals surface area contributed by atoms with Gasteiger partial charge >= 0.3 is 0 Å². The van der Waals surface area contributed by atoms with Gasteiger partial charge in [0.25, 0.3) is 0 Å². The maximum Gasteiger partial charge on any atom is 0.240 e. The van der Waals surface area contributed by atoms with Gasteiger partial charge in [0.05, 0.1) is 15.7 Å². The smallest absolute Gasteiger partial charge is 0.240 e. The Balaban J connectivity index is 2.94. The Morgan fingerprint density at radius 3 is 2.38 bits per heavy atom. The number of nitrogens with zero attached hydrogens (tertiary/aromatic N) is 1. The molecule has 0 radical (unpaired) electrons. The molecule has 0 bridgehead atoms. The van der Waals surface area contributed by atoms with Crippen molar-refractivity contribution in [1.82, 2.24) is 0 Å². The van der Waals surface area contributed by atoms with E-state index < -0.39 is 4.32 Å². The lowest BCUT2D eigenvalue weighted by atomic mass is 10.2. The molecule has 1 rings (SSSR count). The molecule has 1 amide bonds. The molecule has 1 N–H and O–H groups in total. The summed E-state index contributed by atoms with van der Waals surface area (Å²) in [6, 6.07) is 7.72. The first-order valence-electron chi connectivity index (χ1n) is 5.09. The van der Waals surface area contributed by atoms with E-state index >= 15 is 0 Å². The van der Waals surface area contributed by atoms with Crippen LogP contribution in [0.2, 0.25) is 0 Å². The third-order valence-corrected chi connectivity index (χ3v) is 2.53. The average molecular weight is 285 g/mol. The standard InChI is InChI=1S/C12H17BrN2O/c1-12(2,13)11(16)14-9-7-5-6-8-10(9)15(3)4/h5-8H,1-4H3,(H,14,16). The van der Waals surface area contributed by atoms with E-state index in [-0.39, 0.29) is 5.91 Å². The summed E-state index contributed by atoms with van der Waals surface area (Å²) in [5.74, 6) is -0.0539. The van der Waals surface area contributed by atoms with Crippen LogP contribution in [0.5, 0.6) is 0 Å². The Hall–Kier alpha value is -1.03. The number of hydrogen-bond acceptors (Lipinski definition) is 2. The monoisotopic (exact) mass is 284 g/mol. The van der Waals surface area contributed by atoms with Gasteiger partial charge in [0.2, 0.25) is 5.91 Å². The van der Waals surface area contributed by atoms with Gasteiger partial charge < -0.3 is 10.2 Å². The van der Waals surface area contributed by atoms with Crippen LogP contribution in [0.15, 0.2) is 24.3 Å². The van der Waals surface area contributed by atoms with Crippen molar-refractivity contribution in [2.45, 2.75) is 18.2 Å². The highest BCUT2D eigenvalue weighted by atomic mass is 79.9. The molecule has 0 aliphatic heterocycles. The molecule has 0 fully saturated rings. The lowest BCUT2D eigenvalue weighted by molar-refractivity contribution is -0.117. The molecule has 88 valence electrons. The van der Waals surface area contributed by atoms with E-state index in [4.69, 9.17) is 0 Å². The fourth-order valence-electron chi connectivity index (χ4n) is 1.24. The van der Waals surface area contributed by atoms with Crippen molar-refractivity contribution < 1.29 is 4.79 Å². The summed E-state index contributed by atoms with van der Waals surface area (Å²) in [6.45, 7) is 3.64. The largest absolute Gasteiger partial charge is 0.376 e. The third kappa shape index (κ3) is 3.23. The van der Waals surface area contributed by atoms with E-state index in [0.29, 0.717) is 0 Å². The highest BCUT2D eigenvalue weighted by Crippen LogP contribution is 2.26. The molecule has 3 nitrogen and oxygen atoms in total. The van der Waals surface area contributed by atoms with Crippen molar-refractivity contribution in [3.05, 3.63) is 24.3 Å². The molecule has 0 spiro atoms. The Morgan fingerprint density at radius 1 is 1.31 bits per heavy atom. The summed E-state index contributed by atoms with van der Waals surface area (Å²) in [7, 11) is 3.90. The molecular weight excluding hydrogens is 268 g/mol. The fraction of sp³-hybridized carbons (Fsp3) is 0.417.